The van der Waals surface area contributed by atoms with Crippen molar-refractivity contribution in [2.24, 2.45) is 4.99 Å². The molecule has 1 atom stereocenters. The van der Waals surface area contributed by atoms with Crippen molar-refractivity contribution in [2.75, 3.05) is 0 Å². The largest absolute Gasteiger partial charge is 0.359 e. The number of thiophene rings is 1. The monoisotopic (exact) mass is 749 g/mol. The first kappa shape index (κ1) is 32.4. The van der Waals surface area contributed by atoms with E-state index in [2.05, 4.69) is 168 Å². The molecule has 0 amide bonds. The maximum absolute atomic E-state index is 5.43. The summed E-state index contributed by atoms with van der Waals surface area (Å²) in [5, 5.41) is 11.4. The fourth-order valence-corrected chi connectivity index (χ4v) is 10.6. The number of para-hydroxylation sites is 1. The molecule has 6 aromatic carbocycles. The Morgan fingerprint density at radius 2 is 1.35 bits per heavy atom. The van der Waals surface area contributed by atoms with Gasteiger partial charge in [0, 0.05) is 66.1 Å². The molecule has 10 aromatic rings. The van der Waals surface area contributed by atoms with E-state index in [9.17, 15) is 0 Å². The minimum atomic E-state index is -0.282. The van der Waals surface area contributed by atoms with Crippen LogP contribution in [0.1, 0.15) is 42.1 Å². The van der Waals surface area contributed by atoms with Crippen LogP contribution >= 0.6 is 11.3 Å². The van der Waals surface area contributed by atoms with E-state index in [0.717, 1.165) is 39.5 Å². The van der Waals surface area contributed by atoms with Gasteiger partial charge in [-0.15, -0.1) is 11.3 Å². The minimum absolute atomic E-state index is 0.148. The third-order valence-corrected chi connectivity index (χ3v) is 13.3. The van der Waals surface area contributed by atoms with Crippen LogP contribution in [0.4, 0.5) is 0 Å². The first-order valence-corrected chi connectivity index (χ1v) is 20.3. The van der Waals surface area contributed by atoms with Crippen LogP contribution in [0.5, 0.6) is 0 Å². The maximum atomic E-state index is 5.43. The fourth-order valence-electron chi connectivity index (χ4n) is 9.44. The quantitative estimate of drug-likeness (QED) is 0.195. The smallest absolute Gasteiger partial charge is 0.137 e. The Labute approximate surface area is 333 Å². The Morgan fingerprint density at radius 3 is 2.19 bits per heavy atom. The third-order valence-electron chi connectivity index (χ3n) is 12.2. The second-order valence-electron chi connectivity index (χ2n) is 15.7. The van der Waals surface area contributed by atoms with Crippen molar-refractivity contribution in [1.29, 1.82) is 0 Å². The molecule has 270 valence electrons. The fraction of sp³-hybridized carbons (Fsp3) is 0.0784. The van der Waals surface area contributed by atoms with Crippen LogP contribution in [-0.2, 0) is 5.41 Å². The second-order valence-corrected chi connectivity index (χ2v) is 16.8. The Balaban J connectivity index is 0.994. The number of nitrogens with one attached hydrogen (secondary N) is 1. The van der Waals surface area contributed by atoms with Gasteiger partial charge in [0.25, 0.3) is 0 Å². The van der Waals surface area contributed by atoms with Crippen molar-refractivity contribution < 1.29 is 0 Å². The van der Waals surface area contributed by atoms with E-state index < -0.39 is 0 Å². The molecule has 0 bridgehead atoms. The van der Waals surface area contributed by atoms with Crippen LogP contribution in [-0.4, -0.2) is 20.4 Å². The summed E-state index contributed by atoms with van der Waals surface area (Å²) < 4.78 is 4.93. The molecule has 57 heavy (non-hydrogen) atoms. The average molecular weight is 750 g/mol. The van der Waals surface area contributed by atoms with E-state index in [1.807, 2.05) is 35.9 Å². The number of aliphatic imine (C=N–C) groups is 1. The lowest BCUT2D eigenvalue weighted by Crippen LogP contribution is -2.37. The number of fused-ring (bicyclic) bond motifs is 9. The third kappa shape index (κ3) is 4.84. The zero-order valence-corrected chi connectivity index (χ0v) is 32.2. The molecule has 5 heterocycles. The standard InChI is InChI=1S/C51H35N5S/c1-51(2)41-19-16-33(34-15-18-38-37-12-6-8-14-44(37)57-45(38)28-34)26-40(41)49-47(51)48(54-50(55-49)30-21-23-52-24-22-30)35-17-20-46(53-29-35)56-42-13-7-5-11-36(42)39-25-31-9-3-4-10-32(31)27-43(39)56/h3-29,48H,1-2H3,(H,54,55). The van der Waals surface area contributed by atoms with Gasteiger partial charge in [-0.05, 0) is 93.2 Å². The summed E-state index contributed by atoms with van der Waals surface area (Å²) >= 11 is 1.86. The number of nitrogens with zero attached hydrogens (tertiary/aromatic N) is 4. The molecule has 12 rings (SSSR count). The molecule has 5 nitrogen and oxygen atoms in total. The number of hydrogen-bond acceptors (Lipinski definition) is 5. The highest BCUT2D eigenvalue weighted by Gasteiger charge is 2.44. The zero-order valence-electron chi connectivity index (χ0n) is 31.4. The van der Waals surface area contributed by atoms with Crippen LogP contribution in [0.2, 0.25) is 0 Å². The van der Waals surface area contributed by atoms with Gasteiger partial charge >= 0.3 is 0 Å². The van der Waals surface area contributed by atoms with Crippen molar-refractivity contribution in [2.45, 2.75) is 25.3 Å². The van der Waals surface area contributed by atoms with Crippen LogP contribution in [0.15, 0.2) is 175 Å². The normalized spacial score (nSPS) is 16.0. The summed E-state index contributed by atoms with van der Waals surface area (Å²) in [6, 6.07) is 52.7. The average Bonchev–Trinajstić information content (AvgIpc) is 3.87. The second kappa shape index (κ2) is 12.1. The Hall–Kier alpha value is -6.89. The van der Waals surface area contributed by atoms with E-state index in [1.54, 1.807) is 0 Å². The highest BCUT2D eigenvalue weighted by atomic mass is 32.1. The SMILES string of the molecule is CC1(C)C2=C(N=C(c3ccncc3)NC2c2ccc(-n3c4ccccc4c4cc5ccccc5cc43)nc2)c2cc(-c3ccc4c(c3)sc3ccccc34)ccc21. The summed E-state index contributed by atoms with van der Waals surface area (Å²) in [5.41, 5.74) is 11.3. The van der Waals surface area contributed by atoms with Crippen LogP contribution < -0.4 is 5.32 Å². The molecule has 1 N–H and O–H groups in total. The van der Waals surface area contributed by atoms with Gasteiger partial charge in [-0.25, -0.2) is 9.98 Å². The topological polar surface area (TPSA) is 55.1 Å². The Bertz CT molecular complexity index is 3350. The lowest BCUT2D eigenvalue weighted by molar-refractivity contribution is 0.553. The van der Waals surface area contributed by atoms with Crippen molar-refractivity contribution in [3.63, 3.8) is 0 Å². The van der Waals surface area contributed by atoms with Crippen molar-refractivity contribution in [3.8, 4) is 16.9 Å². The van der Waals surface area contributed by atoms with Gasteiger partial charge in [0.05, 0.1) is 22.8 Å². The molecule has 1 aliphatic carbocycles. The Morgan fingerprint density at radius 1 is 0.614 bits per heavy atom. The summed E-state index contributed by atoms with van der Waals surface area (Å²) in [6.45, 7) is 4.67. The summed E-state index contributed by atoms with van der Waals surface area (Å²) in [4.78, 5) is 15.0. The summed E-state index contributed by atoms with van der Waals surface area (Å²) in [5.74, 6) is 1.72. The molecule has 0 saturated heterocycles. The first-order chi connectivity index (χ1) is 28.0. The summed E-state index contributed by atoms with van der Waals surface area (Å²) in [7, 11) is 0. The first-order valence-electron chi connectivity index (χ1n) is 19.4. The molecular formula is C51H35N5S. The van der Waals surface area contributed by atoms with Crippen LogP contribution in [0.3, 0.4) is 0 Å². The Kier molecular flexibility index (Phi) is 6.84. The van der Waals surface area contributed by atoms with E-state index in [0.29, 0.717) is 0 Å². The molecule has 0 radical (unpaired) electrons. The number of hydrogen-bond donors (Lipinski definition) is 1. The van der Waals surface area contributed by atoms with Gasteiger partial charge in [-0.3, -0.25) is 9.55 Å². The number of pyridine rings is 2. The molecule has 6 heteroatoms. The van der Waals surface area contributed by atoms with Gasteiger partial charge in [0.2, 0.25) is 0 Å². The number of aromatic nitrogens is 3. The van der Waals surface area contributed by atoms with Crippen molar-refractivity contribution in [3.05, 3.63) is 192 Å². The van der Waals surface area contributed by atoms with Gasteiger partial charge in [0.1, 0.15) is 11.7 Å². The summed E-state index contributed by atoms with van der Waals surface area (Å²) in [6.07, 6.45) is 5.72. The lowest BCUT2D eigenvalue weighted by atomic mass is 9.76. The molecule has 1 aliphatic heterocycles. The van der Waals surface area contributed by atoms with Gasteiger partial charge in [-0.2, -0.15) is 0 Å². The molecule has 2 aliphatic rings. The predicted molar refractivity (Wildman–Crippen MR) is 237 cm³/mol. The highest BCUT2D eigenvalue weighted by molar-refractivity contribution is 7.25. The molecule has 1 unspecified atom stereocenters. The van der Waals surface area contributed by atoms with Gasteiger partial charge in [0.15, 0.2) is 0 Å². The highest BCUT2D eigenvalue weighted by Crippen LogP contribution is 2.54. The van der Waals surface area contributed by atoms with E-state index in [1.165, 1.54) is 69.5 Å². The van der Waals surface area contributed by atoms with Crippen molar-refractivity contribution in [1.82, 2.24) is 19.9 Å². The van der Waals surface area contributed by atoms with Crippen LogP contribution in [0.25, 0.3) is 75.4 Å². The van der Waals surface area contributed by atoms with E-state index >= 15 is 0 Å². The van der Waals surface area contributed by atoms with Crippen LogP contribution in [0, 0.1) is 0 Å². The number of rotatable bonds is 4. The molecule has 0 spiro atoms. The van der Waals surface area contributed by atoms with E-state index in [-0.39, 0.29) is 11.5 Å². The molecule has 0 saturated carbocycles. The molecule has 0 fully saturated rings. The molecule has 4 aromatic heterocycles. The zero-order chi connectivity index (χ0) is 37.8. The predicted octanol–water partition coefficient (Wildman–Crippen LogP) is 12.6. The lowest BCUT2D eigenvalue weighted by Gasteiger charge is -2.34. The number of amidine groups is 1. The van der Waals surface area contributed by atoms with Crippen molar-refractivity contribution >= 4 is 75.6 Å². The van der Waals surface area contributed by atoms with E-state index in [4.69, 9.17) is 9.98 Å². The maximum Gasteiger partial charge on any atom is 0.137 e. The van der Waals surface area contributed by atoms with Gasteiger partial charge in [-0.1, -0.05) is 105 Å². The molecular weight excluding hydrogens is 715 g/mol. The minimum Gasteiger partial charge on any atom is -0.359 e. The number of benzene rings is 6. The van der Waals surface area contributed by atoms with Gasteiger partial charge < -0.3 is 5.32 Å².